The van der Waals surface area contributed by atoms with Crippen LogP contribution in [0.5, 0.6) is 0 Å². The zero-order valence-corrected chi connectivity index (χ0v) is 7.80. The largest absolute Gasteiger partial charge is 0.345 e. The maximum Gasteiger partial charge on any atom is 0.137 e. The van der Waals surface area contributed by atoms with Gasteiger partial charge in [0.15, 0.2) is 0 Å². The summed E-state index contributed by atoms with van der Waals surface area (Å²) >= 11 is 0. The summed E-state index contributed by atoms with van der Waals surface area (Å²) in [5.74, 6) is -0.754. The van der Waals surface area contributed by atoms with Crippen molar-refractivity contribution in [2.45, 2.75) is 0 Å². The van der Waals surface area contributed by atoms with E-state index < -0.39 is 11.6 Å². The van der Waals surface area contributed by atoms with E-state index in [2.05, 4.69) is 16.5 Å². The molecule has 0 bridgehead atoms. The molecule has 0 radical (unpaired) electrons. The summed E-state index contributed by atoms with van der Waals surface area (Å²) in [6.45, 7) is 3.72. The number of aromatic amines is 1. The quantitative estimate of drug-likeness (QED) is 0.804. The van der Waals surface area contributed by atoms with E-state index in [0.29, 0.717) is 17.0 Å². The number of H-pyrrole nitrogens is 1. The number of nitrogens with one attached hydrogen (secondary N) is 1. The molecule has 1 heterocycles. The van der Waals surface area contributed by atoms with Crippen molar-refractivity contribution < 1.29 is 8.78 Å². The second-order valence-corrected chi connectivity index (χ2v) is 3.07. The van der Waals surface area contributed by atoms with E-state index in [1.165, 1.54) is 12.1 Å². The Hall–Kier alpha value is -1.97. The van der Waals surface area contributed by atoms with Gasteiger partial charge in [0.25, 0.3) is 0 Å². The molecule has 4 heteroatoms. The van der Waals surface area contributed by atoms with Gasteiger partial charge in [-0.05, 0) is 17.7 Å². The Kier molecular flexibility index (Phi) is 2.33. The topological polar surface area (TPSA) is 28.7 Å². The molecule has 0 saturated heterocycles. The van der Waals surface area contributed by atoms with Gasteiger partial charge in [0.2, 0.25) is 0 Å². The van der Waals surface area contributed by atoms with E-state index in [4.69, 9.17) is 0 Å². The zero-order chi connectivity index (χ0) is 10.8. The highest BCUT2D eigenvalue weighted by molar-refractivity contribution is 5.74. The van der Waals surface area contributed by atoms with Gasteiger partial charge in [0, 0.05) is 24.0 Å². The van der Waals surface area contributed by atoms with Gasteiger partial charge in [-0.25, -0.2) is 13.8 Å². The molecule has 15 heavy (non-hydrogen) atoms. The van der Waals surface area contributed by atoms with Crippen LogP contribution in [-0.4, -0.2) is 9.97 Å². The lowest BCUT2D eigenvalue weighted by atomic mass is 10.1. The number of rotatable bonds is 2. The van der Waals surface area contributed by atoms with Gasteiger partial charge in [-0.1, -0.05) is 6.58 Å². The maximum absolute atomic E-state index is 12.9. The summed E-state index contributed by atoms with van der Waals surface area (Å²) in [7, 11) is 0. The smallest absolute Gasteiger partial charge is 0.137 e. The van der Waals surface area contributed by atoms with Crippen LogP contribution in [0.25, 0.3) is 5.57 Å². The van der Waals surface area contributed by atoms with Crippen LogP contribution < -0.4 is 0 Å². The number of benzene rings is 1. The Bertz CT molecular complexity index is 469. The molecular weight excluding hydrogens is 198 g/mol. The van der Waals surface area contributed by atoms with Crippen LogP contribution in [0.2, 0.25) is 0 Å². The minimum absolute atomic E-state index is 0.377. The molecule has 76 valence electrons. The van der Waals surface area contributed by atoms with Gasteiger partial charge in [0.1, 0.15) is 17.5 Å². The SMILES string of the molecule is C=C(c1cc(F)cc(F)c1)c1ncc[nH]1. The summed E-state index contributed by atoms with van der Waals surface area (Å²) in [6.07, 6.45) is 3.17. The maximum atomic E-state index is 12.9. The first-order valence-corrected chi connectivity index (χ1v) is 4.32. The van der Waals surface area contributed by atoms with Gasteiger partial charge in [-0.15, -0.1) is 0 Å². The van der Waals surface area contributed by atoms with Crippen molar-refractivity contribution >= 4 is 5.57 Å². The zero-order valence-electron chi connectivity index (χ0n) is 7.80. The van der Waals surface area contributed by atoms with Crippen molar-refractivity contribution in [2.24, 2.45) is 0 Å². The average molecular weight is 206 g/mol. The number of hydrogen-bond donors (Lipinski definition) is 1. The summed E-state index contributed by atoms with van der Waals surface area (Å²) in [6, 6.07) is 3.25. The van der Waals surface area contributed by atoms with E-state index in [-0.39, 0.29) is 0 Å². The van der Waals surface area contributed by atoms with Crippen LogP contribution >= 0.6 is 0 Å². The summed E-state index contributed by atoms with van der Waals surface area (Å²) in [5.41, 5.74) is 0.834. The molecule has 0 spiro atoms. The fourth-order valence-corrected chi connectivity index (χ4v) is 1.30. The third-order valence-electron chi connectivity index (χ3n) is 2.00. The van der Waals surface area contributed by atoms with Gasteiger partial charge in [-0.3, -0.25) is 0 Å². The molecule has 0 amide bonds. The highest BCUT2D eigenvalue weighted by atomic mass is 19.1. The molecule has 0 aliphatic rings. The Morgan fingerprint density at radius 3 is 2.40 bits per heavy atom. The number of aromatic nitrogens is 2. The fraction of sp³-hybridized carbons (Fsp3) is 0. The predicted molar refractivity (Wildman–Crippen MR) is 53.1 cm³/mol. The van der Waals surface area contributed by atoms with Crippen molar-refractivity contribution in [3.05, 3.63) is 60.2 Å². The molecule has 2 nitrogen and oxygen atoms in total. The molecule has 0 unspecified atom stereocenters. The lowest BCUT2D eigenvalue weighted by Gasteiger charge is -2.03. The molecule has 1 aromatic heterocycles. The third-order valence-corrected chi connectivity index (χ3v) is 2.00. The van der Waals surface area contributed by atoms with E-state index in [0.717, 1.165) is 6.07 Å². The Labute approximate surface area is 85.3 Å². The highest BCUT2D eigenvalue weighted by Crippen LogP contribution is 2.20. The molecule has 0 saturated carbocycles. The van der Waals surface area contributed by atoms with Crippen molar-refractivity contribution in [3.8, 4) is 0 Å². The summed E-state index contributed by atoms with van der Waals surface area (Å²) < 4.78 is 25.8. The van der Waals surface area contributed by atoms with Crippen molar-refractivity contribution in [3.63, 3.8) is 0 Å². The van der Waals surface area contributed by atoms with E-state index in [1.807, 2.05) is 0 Å². The molecule has 1 N–H and O–H groups in total. The van der Waals surface area contributed by atoms with Crippen LogP contribution in [0.1, 0.15) is 11.4 Å². The molecule has 0 fully saturated rings. The minimum atomic E-state index is -0.627. The first-order valence-electron chi connectivity index (χ1n) is 4.32. The minimum Gasteiger partial charge on any atom is -0.345 e. The third kappa shape index (κ3) is 1.93. The number of imidazole rings is 1. The Morgan fingerprint density at radius 2 is 1.87 bits per heavy atom. The fourth-order valence-electron chi connectivity index (χ4n) is 1.30. The Morgan fingerprint density at radius 1 is 1.20 bits per heavy atom. The Balaban J connectivity index is 2.42. The molecule has 1 aromatic carbocycles. The van der Waals surface area contributed by atoms with E-state index >= 15 is 0 Å². The van der Waals surface area contributed by atoms with Gasteiger partial charge in [-0.2, -0.15) is 0 Å². The van der Waals surface area contributed by atoms with Crippen LogP contribution in [-0.2, 0) is 0 Å². The second kappa shape index (κ2) is 3.65. The van der Waals surface area contributed by atoms with Crippen molar-refractivity contribution in [2.75, 3.05) is 0 Å². The average Bonchev–Trinajstić information content (AvgIpc) is 2.67. The van der Waals surface area contributed by atoms with Crippen LogP contribution in [0.3, 0.4) is 0 Å². The molecule has 0 aliphatic carbocycles. The van der Waals surface area contributed by atoms with Gasteiger partial charge < -0.3 is 4.98 Å². The first kappa shape index (κ1) is 9.58. The van der Waals surface area contributed by atoms with Crippen molar-refractivity contribution in [1.82, 2.24) is 9.97 Å². The van der Waals surface area contributed by atoms with E-state index in [9.17, 15) is 8.78 Å². The van der Waals surface area contributed by atoms with Gasteiger partial charge in [0.05, 0.1) is 0 Å². The van der Waals surface area contributed by atoms with Crippen LogP contribution in [0.4, 0.5) is 8.78 Å². The normalized spacial score (nSPS) is 10.3. The highest BCUT2D eigenvalue weighted by Gasteiger charge is 2.07. The molecule has 2 aromatic rings. The van der Waals surface area contributed by atoms with Crippen molar-refractivity contribution in [1.29, 1.82) is 0 Å². The number of halogens is 2. The number of hydrogen-bond acceptors (Lipinski definition) is 1. The molecular formula is C11H8F2N2. The molecule has 0 atom stereocenters. The predicted octanol–water partition coefficient (Wildman–Crippen LogP) is 2.75. The first-order chi connectivity index (χ1) is 7.16. The molecule has 0 aliphatic heterocycles. The van der Waals surface area contributed by atoms with E-state index in [1.54, 1.807) is 12.4 Å². The number of nitrogens with zero attached hydrogens (tertiary/aromatic N) is 1. The van der Waals surface area contributed by atoms with Crippen LogP contribution in [0.15, 0.2) is 37.2 Å². The standard InChI is InChI=1S/C11H8F2N2/c1-7(11-14-2-3-15-11)8-4-9(12)6-10(13)5-8/h2-6H,1H2,(H,14,15). The second-order valence-electron chi connectivity index (χ2n) is 3.07. The monoisotopic (exact) mass is 206 g/mol. The summed E-state index contributed by atoms with van der Waals surface area (Å²) in [5, 5.41) is 0. The lowest BCUT2D eigenvalue weighted by molar-refractivity contribution is 0.582. The van der Waals surface area contributed by atoms with Gasteiger partial charge >= 0.3 is 0 Å². The lowest BCUT2D eigenvalue weighted by Crippen LogP contribution is -1.91. The summed E-state index contributed by atoms with van der Waals surface area (Å²) in [4.78, 5) is 6.77. The van der Waals surface area contributed by atoms with Crippen LogP contribution in [0, 0.1) is 11.6 Å². The molecule has 2 rings (SSSR count).